The first-order chi connectivity index (χ1) is 9.15. The monoisotopic (exact) mass is 275 g/mol. The molecule has 0 saturated heterocycles. The van der Waals surface area contributed by atoms with Gasteiger partial charge in [0.15, 0.2) is 0 Å². The molecule has 108 valence electrons. The smallest absolute Gasteiger partial charge is 0.281 e. The molecule has 0 bridgehead atoms. The molecule has 1 aliphatic heterocycles. The fourth-order valence-corrected chi connectivity index (χ4v) is 2.79. The van der Waals surface area contributed by atoms with E-state index in [1.165, 1.54) is 5.06 Å². The Morgan fingerprint density at radius 3 is 2.15 bits per heavy atom. The van der Waals surface area contributed by atoms with Crippen LogP contribution in [0.4, 0.5) is 0 Å². The van der Waals surface area contributed by atoms with Crippen molar-refractivity contribution in [1.82, 2.24) is 5.06 Å². The van der Waals surface area contributed by atoms with Crippen LogP contribution < -0.4 is 0 Å². The number of aryl methyl sites for hydroxylation is 3. The topological polar surface area (TPSA) is 49.8 Å². The van der Waals surface area contributed by atoms with Crippen molar-refractivity contribution in [2.75, 3.05) is 7.05 Å². The Hall–Kier alpha value is -1.81. The molecule has 0 spiro atoms. The minimum absolute atomic E-state index is 0.0179. The molecule has 0 aliphatic carbocycles. The van der Waals surface area contributed by atoms with Crippen LogP contribution in [0.2, 0.25) is 0 Å². The lowest BCUT2D eigenvalue weighted by Crippen LogP contribution is -2.45. The first-order valence-electron chi connectivity index (χ1n) is 6.64. The summed E-state index contributed by atoms with van der Waals surface area (Å²) in [7, 11) is 1.56. The van der Waals surface area contributed by atoms with Gasteiger partial charge < -0.3 is 5.11 Å². The van der Waals surface area contributed by atoms with Crippen molar-refractivity contribution in [3.05, 3.63) is 40.1 Å². The van der Waals surface area contributed by atoms with Crippen LogP contribution in [0.3, 0.4) is 0 Å². The van der Waals surface area contributed by atoms with Crippen LogP contribution in [0.5, 0.6) is 0 Å². The minimum atomic E-state index is -0.915. The Balaban J connectivity index is 2.75. The molecule has 1 heterocycles. The van der Waals surface area contributed by atoms with Gasteiger partial charge in [-0.05, 0) is 51.3 Å². The van der Waals surface area contributed by atoms with E-state index >= 15 is 0 Å². The molecule has 0 atom stereocenters. The summed E-state index contributed by atoms with van der Waals surface area (Å²) in [6.45, 7) is 9.39. The second kappa shape index (κ2) is 4.63. The molecule has 0 saturated carbocycles. The van der Waals surface area contributed by atoms with Gasteiger partial charge in [-0.3, -0.25) is 9.63 Å². The summed E-state index contributed by atoms with van der Waals surface area (Å²) in [5.74, 6) is -0.340. The maximum atomic E-state index is 12.4. The van der Waals surface area contributed by atoms with Gasteiger partial charge in [-0.1, -0.05) is 17.7 Å². The van der Waals surface area contributed by atoms with Gasteiger partial charge in [0, 0.05) is 7.05 Å². The molecule has 0 radical (unpaired) electrons. The maximum Gasteiger partial charge on any atom is 0.281 e. The van der Waals surface area contributed by atoms with E-state index in [9.17, 15) is 9.90 Å². The molecule has 4 heteroatoms. The third kappa shape index (κ3) is 2.20. The van der Waals surface area contributed by atoms with E-state index in [0.29, 0.717) is 5.57 Å². The third-order valence-corrected chi connectivity index (χ3v) is 3.60. The lowest BCUT2D eigenvalue weighted by molar-refractivity contribution is -0.218. The molecule has 0 unspecified atom stereocenters. The molecule has 0 aromatic heterocycles. The van der Waals surface area contributed by atoms with Crippen molar-refractivity contribution >= 4 is 11.5 Å². The van der Waals surface area contributed by atoms with Gasteiger partial charge in [-0.2, -0.15) is 0 Å². The number of carbonyl (C=O) groups excluding carboxylic acids is 1. The second-order valence-corrected chi connectivity index (χ2v) is 5.90. The van der Waals surface area contributed by atoms with Gasteiger partial charge in [0.25, 0.3) is 5.91 Å². The highest BCUT2D eigenvalue weighted by atomic mass is 16.7. The lowest BCUT2D eigenvalue weighted by atomic mass is 9.88. The zero-order valence-corrected chi connectivity index (χ0v) is 12.9. The molecule has 20 heavy (non-hydrogen) atoms. The third-order valence-electron chi connectivity index (χ3n) is 3.60. The number of carbonyl (C=O) groups is 1. The normalized spacial score (nSPS) is 18.7. The van der Waals surface area contributed by atoms with Gasteiger partial charge in [-0.15, -0.1) is 0 Å². The Morgan fingerprint density at radius 2 is 1.65 bits per heavy atom. The summed E-state index contributed by atoms with van der Waals surface area (Å²) in [6, 6.07) is 4.02. The molecule has 0 fully saturated rings. The molecule has 4 nitrogen and oxygen atoms in total. The Kier molecular flexibility index (Phi) is 3.38. The SMILES string of the molecule is Cc1cc(C)c(C2=C(O)C(C)(C)ON(C)C2=O)c(C)c1. The van der Waals surface area contributed by atoms with Gasteiger partial charge in [0.2, 0.25) is 0 Å². The number of nitrogens with zero attached hydrogens (tertiary/aromatic N) is 1. The van der Waals surface area contributed by atoms with Crippen LogP contribution in [0.15, 0.2) is 17.9 Å². The fourth-order valence-electron chi connectivity index (χ4n) is 2.79. The highest BCUT2D eigenvalue weighted by Gasteiger charge is 2.40. The molecular weight excluding hydrogens is 254 g/mol. The molecule has 1 aromatic rings. The quantitative estimate of drug-likeness (QED) is 0.857. The van der Waals surface area contributed by atoms with Crippen LogP contribution >= 0.6 is 0 Å². The summed E-state index contributed by atoms with van der Waals surface area (Å²) in [5, 5.41) is 11.7. The second-order valence-electron chi connectivity index (χ2n) is 5.90. The average molecular weight is 275 g/mol. The number of likely N-dealkylation sites (N-methyl/N-ethyl adjacent to an activating group) is 1. The van der Waals surface area contributed by atoms with Crippen molar-refractivity contribution in [3.8, 4) is 0 Å². The number of hydrogen-bond acceptors (Lipinski definition) is 3. The molecule has 1 aliphatic rings. The highest BCUT2D eigenvalue weighted by Crippen LogP contribution is 2.36. The Bertz CT molecular complexity index is 591. The van der Waals surface area contributed by atoms with E-state index in [2.05, 4.69) is 0 Å². The molecule has 1 amide bonds. The van der Waals surface area contributed by atoms with E-state index < -0.39 is 5.60 Å². The van der Waals surface area contributed by atoms with Gasteiger partial charge in [-0.25, -0.2) is 5.06 Å². The number of aliphatic hydroxyl groups is 1. The summed E-state index contributed by atoms with van der Waals surface area (Å²) in [4.78, 5) is 17.8. The largest absolute Gasteiger partial charge is 0.508 e. The molecule has 1 N–H and O–H groups in total. The van der Waals surface area contributed by atoms with Crippen LogP contribution in [0.1, 0.15) is 36.1 Å². The van der Waals surface area contributed by atoms with Crippen LogP contribution in [-0.2, 0) is 9.63 Å². The number of hydroxylamine groups is 2. The number of rotatable bonds is 1. The van der Waals surface area contributed by atoms with Gasteiger partial charge >= 0.3 is 0 Å². The first-order valence-corrected chi connectivity index (χ1v) is 6.64. The van der Waals surface area contributed by atoms with E-state index in [1.54, 1.807) is 20.9 Å². The number of benzene rings is 1. The predicted octanol–water partition coefficient (Wildman–Crippen LogP) is 3.06. The van der Waals surface area contributed by atoms with Crippen molar-refractivity contribution < 1.29 is 14.7 Å². The fraction of sp³-hybridized carbons (Fsp3) is 0.438. The summed E-state index contributed by atoms with van der Waals surface area (Å²) < 4.78 is 0. The van der Waals surface area contributed by atoms with Crippen LogP contribution in [-0.4, -0.2) is 28.7 Å². The zero-order valence-electron chi connectivity index (χ0n) is 12.9. The van der Waals surface area contributed by atoms with Crippen molar-refractivity contribution in [3.63, 3.8) is 0 Å². The van der Waals surface area contributed by atoms with E-state index in [0.717, 1.165) is 22.3 Å². The van der Waals surface area contributed by atoms with Crippen LogP contribution in [0.25, 0.3) is 5.57 Å². The standard InChI is InChI=1S/C16H21NO3/c1-9-7-10(2)12(11(3)8-9)13-14(18)16(4,5)20-17(6)15(13)19/h7-8,18H,1-6H3. The summed E-state index contributed by atoms with van der Waals surface area (Å²) >= 11 is 0. The number of amides is 1. The lowest BCUT2D eigenvalue weighted by Gasteiger charge is -2.36. The van der Waals surface area contributed by atoms with E-state index in [-0.39, 0.29) is 11.7 Å². The van der Waals surface area contributed by atoms with Crippen LogP contribution in [0, 0.1) is 20.8 Å². The van der Waals surface area contributed by atoms with E-state index in [4.69, 9.17) is 4.84 Å². The maximum absolute atomic E-state index is 12.4. The Labute approximate surface area is 119 Å². The predicted molar refractivity (Wildman–Crippen MR) is 78.1 cm³/mol. The van der Waals surface area contributed by atoms with Crippen molar-refractivity contribution in [1.29, 1.82) is 0 Å². The van der Waals surface area contributed by atoms with Gasteiger partial charge in [0.05, 0.1) is 5.57 Å². The summed E-state index contributed by atoms with van der Waals surface area (Å²) in [5.41, 5.74) is 3.30. The molecule has 2 rings (SSSR count). The summed E-state index contributed by atoms with van der Waals surface area (Å²) in [6.07, 6.45) is 0. The van der Waals surface area contributed by atoms with Gasteiger partial charge in [0.1, 0.15) is 11.4 Å². The van der Waals surface area contributed by atoms with Crippen molar-refractivity contribution in [2.45, 2.75) is 40.2 Å². The number of hydrogen-bond donors (Lipinski definition) is 1. The van der Waals surface area contributed by atoms with Crippen molar-refractivity contribution in [2.24, 2.45) is 0 Å². The Morgan fingerprint density at radius 1 is 1.15 bits per heavy atom. The molecular formula is C16H21NO3. The average Bonchev–Trinajstić information content (AvgIpc) is 2.29. The van der Waals surface area contributed by atoms with E-state index in [1.807, 2.05) is 32.9 Å². The first kappa shape index (κ1) is 14.6. The molecule has 1 aromatic carbocycles. The highest BCUT2D eigenvalue weighted by molar-refractivity contribution is 6.21. The number of aliphatic hydroxyl groups excluding tert-OH is 1. The minimum Gasteiger partial charge on any atom is -0.508 e. The zero-order chi connectivity index (χ0) is 15.2.